The first-order valence-electron chi connectivity index (χ1n) is 6.19. The number of carboxylic acids is 1. The van der Waals surface area contributed by atoms with Crippen molar-refractivity contribution >= 4 is 17.8 Å². The molecular formula is C12H18N2O4. The van der Waals surface area contributed by atoms with E-state index in [4.69, 9.17) is 5.11 Å². The molecule has 0 saturated carbocycles. The number of rotatable bonds is 2. The number of hydrogen-bond acceptors (Lipinski definition) is 4. The molecule has 2 saturated heterocycles. The van der Waals surface area contributed by atoms with Crippen LogP contribution < -0.4 is 0 Å². The van der Waals surface area contributed by atoms with E-state index in [9.17, 15) is 14.4 Å². The number of likely N-dealkylation sites (N-methyl/N-ethyl adjacent to an activating group) is 1. The van der Waals surface area contributed by atoms with Crippen molar-refractivity contribution in [2.45, 2.75) is 25.8 Å². The fraction of sp³-hybridized carbons (Fsp3) is 0.750. The van der Waals surface area contributed by atoms with Gasteiger partial charge in [0.25, 0.3) is 0 Å². The van der Waals surface area contributed by atoms with Crippen molar-refractivity contribution in [2.24, 2.45) is 11.8 Å². The molecule has 0 aromatic carbocycles. The Labute approximate surface area is 106 Å². The molecule has 0 bridgehead atoms. The predicted octanol–water partition coefficient (Wildman–Crippen LogP) is -0.214. The lowest BCUT2D eigenvalue weighted by Gasteiger charge is -2.37. The lowest BCUT2D eigenvalue weighted by atomic mass is 9.86. The van der Waals surface area contributed by atoms with Crippen LogP contribution in [-0.2, 0) is 14.4 Å². The van der Waals surface area contributed by atoms with Gasteiger partial charge < -0.3 is 5.11 Å². The van der Waals surface area contributed by atoms with E-state index < -0.39 is 5.97 Å². The van der Waals surface area contributed by atoms with Gasteiger partial charge in [0.1, 0.15) is 0 Å². The Bertz CT molecular complexity index is 396. The fourth-order valence-corrected chi connectivity index (χ4v) is 2.85. The van der Waals surface area contributed by atoms with Gasteiger partial charge in [0.15, 0.2) is 0 Å². The van der Waals surface area contributed by atoms with Gasteiger partial charge in [-0.15, -0.1) is 0 Å². The minimum absolute atomic E-state index is 0.00468. The molecule has 1 N–H and O–H groups in total. The SMILES string of the molecule is CC1CN(C2CC(=O)N(C)C2=O)CCC1C(=O)O. The van der Waals surface area contributed by atoms with Crippen molar-refractivity contribution in [3.05, 3.63) is 0 Å². The Morgan fingerprint density at radius 3 is 2.50 bits per heavy atom. The van der Waals surface area contributed by atoms with Crippen molar-refractivity contribution in [3.63, 3.8) is 0 Å². The average Bonchev–Trinajstić information content (AvgIpc) is 2.56. The molecule has 6 heteroatoms. The lowest BCUT2D eigenvalue weighted by molar-refractivity contribution is -0.146. The summed E-state index contributed by atoms with van der Waals surface area (Å²) in [6, 6.07) is -0.389. The summed E-state index contributed by atoms with van der Waals surface area (Å²) in [5.41, 5.74) is 0. The number of imide groups is 1. The Hall–Kier alpha value is -1.43. The zero-order chi connectivity index (χ0) is 13.4. The first-order chi connectivity index (χ1) is 8.41. The highest BCUT2D eigenvalue weighted by atomic mass is 16.4. The molecule has 2 rings (SSSR count). The molecule has 0 radical (unpaired) electrons. The van der Waals surface area contributed by atoms with E-state index in [1.807, 2.05) is 11.8 Å². The smallest absolute Gasteiger partial charge is 0.306 e. The highest BCUT2D eigenvalue weighted by Crippen LogP contribution is 2.28. The summed E-state index contributed by atoms with van der Waals surface area (Å²) in [5, 5.41) is 9.05. The molecule has 0 aromatic rings. The number of carboxylic acid groups (broad SMARTS) is 1. The molecule has 2 heterocycles. The number of likely N-dealkylation sites (tertiary alicyclic amines) is 2. The maximum atomic E-state index is 11.9. The van der Waals surface area contributed by atoms with Crippen molar-refractivity contribution in [1.82, 2.24) is 9.80 Å². The van der Waals surface area contributed by atoms with E-state index in [1.165, 1.54) is 11.9 Å². The topological polar surface area (TPSA) is 77.9 Å². The van der Waals surface area contributed by atoms with Crippen LogP contribution in [-0.4, -0.2) is 58.9 Å². The maximum absolute atomic E-state index is 11.9. The summed E-state index contributed by atoms with van der Waals surface area (Å²) in [4.78, 5) is 37.5. The van der Waals surface area contributed by atoms with Crippen molar-refractivity contribution in [3.8, 4) is 0 Å². The quantitative estimate of drug-likeness (QED) is 0.690. The molecule has 2 aliphatic heterocycles. The van der Waals surface area contributed by atoms with E-state index in [0.29, 0.717) is 19.5 Å². The standard InChI is InChI=1S/C12H18N2O4/c1-7-6-14(4-3-8(7)12(17)18)9-5-10(15)13(2)11(9)16/h7-9H,3-6H2,1-2H3,(H,17,18). The van der Waals surface area contributed by atoms with Crippen LogP contribution in [0.5, 0.6) is 0 Å². The number of carbonyl (C=O) groups excluding carboxylic acids is 2. The summed E-state index contributed by atoms with van der Waals surface area (Å²) in [7, 11) is 1.50. The van der Waals surface area contributed by atoms with E-state index in [2.05, 4.69) is 0 Å². The highest BCUT2D eigenvalue weighted by molar-refractivity contribution is 6.05. The lowest BCUT2D eigenvalue weighted by Crippen LogP contribution is -2.49. The second-order valence-electron chi connectivity index (χ2n) is 5.22. The van der Waals surface area contributed by atoms with Crippen LogP contribution in [0.4, 0.5) is 0 Å². The third-order valence-electron chi connectivity index (χ3n) is 4.05. The second kappa shape index (κ2) is 4.68. The number of amides is 2. The zero-order valence-corrected chi connectivity index (χ0v) is 10.6. The van der Waals surface area contributed by atoms with Gasteiger partial charge in [-0.1, -0.05) is 6.92 Å². The maximum Gasteiger partial charge on any atom is 0.306 e. The van der Waals surface area contributed by atoms with Crippen LogP contribution in [0.15, 0.2) is 0 Å². The predicted molar refractivity (Wildman–Crippen MR) is 62.7 cm³/mol. The summed E-state index contributed by atoms with van der Waals surface area (Å²) in [6.07, 6.45) is 0.762. The molecule has 100 valence electrons. The summed E-state index contributed by atoms with van der Waals surface area (Å²) < 4.78 is 0. The van der Waals surface area contributed by atoms with Gasteiger partial charge in [-0.05, 0) is 18.9 Å². The van der Waals surface area contributed by atoms with Crippen molar-refractivity contribution in [2.75, 3.05) is 20.1 Å². The monoisotopic (exact) mass is 254 g/mol. The van der Waals surface area contributed by atoms with E-state index >= 15 is 0 Å². The van der Waals surface area contributed by atoms with Crippen LogP contribution in [0.3, 0.4) is 0 Å². The van der Waals surface area contributed by atoms with Crippen molar-refractivity contribution < 1.29 is 19.5 Å². The Kier molecular flexibility index (Phi) is 3.38. The zero-order valence-electron chi connectivity index (χ0n) is 10.6. The van der Waals surface area contributed by atoms with E-state index in [-0.39, 0.29) is 36.1 Å². The third-order valence-corrected chi connectivity index (χ3v) is 4.05. The first kappa shape index (κ1) is 13.0. The molecule has 6 nitrogen and oxygen atoms in total. The Balaban J connectivity index is 2.03. The third kappa shape index (κ3) is 2.12. The summed E-state index contributed by atoms with van der Waals surface area (Å²) >= 11 is 0. The fourth-order valence-electron chi connectivity index (χ4n) is 2.85. The van der Waals surface area contributed by atoms with Crippen LogP contribution in [0, 0.1) is 11.8 Å². The van der Waals surface area contributed by atoms with Crippen LogP contribution in [0.1, 0.15) is 19.8 Å². The molecule has 3 unspecified atom stereocenters. The van der Waals surface area contributed by atoms with Gasteiger partial charge in [0, 0.05) is 13.6 Å². The first-order valence-corrected chi connectivity index (χ1v) is 6.19. The van der Waals surface area contributed by atoms with Gasteiger partial charge in [-0.3, -0.25) is 24.2 Å². The molecule has 0 aliphatic carbocycles. The minimum atomic E-state index is -0.770. The number of nitrogens with zero attached hydrogens (tertiary/aromatic N) is 2. The minimum Gasteiger partial charge on any atom is -0.481 e. The van der Waals surface area contributed by atoms with Gasteiger partial charge in [0.05, 0.1) is 18.4 Å². The molecule has 0 aromatic heterocycles. The van der Waals surface area contributed by atoms with Gasteiger partial charge >= 0.3 is 5.97 Å². The number of aliphatic carboxylic acids is 1. The molecule has 2 aliphatic rings. The molecule has 2 fully saturated rings. The molecular weight excluding hydrogens is 236 g/mol. The number of hydrogen-bond donors (Lipinski definition) is 1. The van der Waals surface area contributed by atoms with Crippen molar-refractivity contribution in [1.29, 1.82) is 0 Å². The number of carbonyl (C=O) groups is 3. The summed E-state index contributed by atoms with van der Waals surface area (Å²) in [5.74, 6) is -1.43. The Morgan fingerprint density at radius 2 is 2.06 bits per heavy atom. The van der Waals surface area contributed by atoms with E-state index in [1.54, 1.807) is 0 Å². The number of piperidine rings is 1. The summed E-state index contributed by atoms with van der Waals surface area (Å²) in [6.45, 7) is 3.02. The Morgan fingerprint density at radius 1 is 1.39 bits per heavy atom. The van der Waals surface area contributed by atoms with Crippen LogP contribution >= 0.6 is 0 Å². The largest absolute Gasteiger partial charge is 0.481 e. The van der Waals surface area contributed by atoms with Crippen LogP contribution in [0.25, 0.3) is 0 Å². The highest BCUT2D eigenvalue weighted by Gasteiger charge is 2.42. The van der Waals surface area contributed by atoms with Gasteiger partial charge in [0.2, 0.25) is 11.8 Å². The van der Waals surface area contributed by atoms with E-state index in [0.717, 1.165) is 0 Å². The normalized spacial score (nSPS) is 34.1. The average molecular weight is 254 g/mol. The molecule has 3 atom stereocenters. The van der Waals surface area contributed by atoms with Crippen LogP contribution in [0.2, 0.25) is 0 Å². The molecule has 18 heavy (non-hydrogen) atoms. The molecule has 2 amide bonds. The second-order valence-corrected chi connectivity index (χ2v) is 5.22. The van der Waals surface area contributed by atoms with Gasteiger partial charge in [-0.25, -0.2) is 0 Å². The van der Waals surface area contributed by atoms with Gasteiger partial charge in [-0.2, -0.15) is 0 Å². The molecule has 0 spiro atoms.